The van der Waals surface area contributed by atoms with Crippen molar-refractivity contribution in [2.45, 2.75) is 130 Å². The fourth-order valence-corrected chi connectivity index (χ4v) is 3.48. The van der Waals surface area contributed by atoms with Crippen molar-refractivity contribution in [1.29, 1.82) is 0 Å². The van der Waals surface area contributed by atoms with Gasteiger partial charge in [0.15, 0.2) is 0 Å². The monoisotopic (exact) mass is 516 g/mol. The van der Waals surface area contributed by atoms with Gasteiger partial charge in [0.2, 0.25) is 0 Å². The van der Waals surface area contributed by atoms with Crippen molar-refractivity contribution in [2.75, 3.05) is 0 Å². The highest BCUT2D eigenvalue weighted by atomic mass is 16.6. The lowest BCUT2D eigenvalue weighted by Gasteiger charge is -2.11. The zero-order valence-corrected chi connectivity index (χ0v) is 22.5. The Bertz CT molecular complexity index is 603. The number of carbonyl (C=O) groups excluding carboxylic acids is 2. The lowest BCUT2D eigenvalue weighted by molar-refractivity contribution is -0.162. The van der Waals surface area contributed by atoms with E-state index >= 15 is 0 Å². The molecule has 0 saturated heterocycles. The highest BCUT2D eigenvalue weighted by Gasteiger charge is 2.13. The fourth-order valence-electron chi connectivity index (χ4n) is 3.48. The topological polar surface area (TPSA) is 155 Å². The molecule has 3 N–H and O–H groups in total. The van der Waals surface area contributed by atoms with E-state index in [1.807, 2.05) is 6.92 Å². The molecule has 0 heterocycles. The number of carbonyl (C=O) groups is 5. The van der Waals surface area contributed by atoms with Crippen LogP contribution in [0.2, 0.25) is 0 Å². The Morgan fingerprint density at radius 3 is 1.36 bits per heavy atom. The summed E-state index contributed by atoms with van der Waals surface area (Å²) in [4.78, 5) is 52.3. The number of ether oxygens (including phenoxy) is 1. The third-order valence-corrected chi connectivity index (χ3v) is 5.87. The van der Waals surface area contributed by atoms with Gasteiger partial charge in [-0.15, -0.1) is 0 Å². The molecule has 0 aliphatic rings. The number of carboxylic acid groups (broad SMARTS) is 3. The van der Waals surface area contributed by atoms with E-state index in [2.05, 4.69) is 18.6 Å². The van der Waals surface area contributed by atoms with Crippen molar-refractivity contribution >= 4 is 29.8 Å². The quantitative estimate of drug-likeness (QED) is 0.0915. The Labute approximate surface area is 216 Å². The molecule has 0 amide bonds. The molecule has 9 nitrogen and oxygen atoms in total. The van der Waals surface area contributed by atoms with Gasteiger partial charge in [-0.2, -0.15) is 0 Å². The third kappa shape index (κ3) is 27.8. The molecule has 0 aromatic carbocycles. The van der Waals surface area contributed by atoms with E-state index in [0.29, 0.717) is 0 Å². The summed E-state index contributed by atoms with van der Waals surface area (Å²) >= 11 is 0. The highest BCUT2D eigenvalue weighted by Crippen LogP contribution is 2.19. The molecule has 0 aliphatic heterocycles. The lowest BCUT2D eigenvalue weighted by atomic mass is 9.95. The Morgan fingerprint density at radius 1 is 0.583 bits per heavy atom. The molecule has 0 aliphatic carbocycles. The molecular weight excluding hydrogens is 468 g/mol. The maximum absolute atomic E-state index is 10.7. The van der Waals surface area contributed by atoms with Crippen molar-refractivity contribution in [3.63, 3.8) is 0 Å². The van der Waals surface area contributed by atoms with E-state index in [1.54, 1.807) is 0 Å². The third-order valence-electron chi connectivity index (χ3n) is 5.87. The maximum Gasteiger partial charge on any atom is 0.314 e. The summed E-state index contributed by atoms with van der Waals surface area (Å²) in [6.07, 6.45) is 15.1. The number of esters is 2. The number of carboxylic acids is 3. The predicted octanol–water partition coefficient (Wildman–Crippen LogP) is 6.22. The van der Waals surface area contributed by atoms with E-state index in [1.165, 1.54) is 70.6 Å². The zero-order chi connectivity index (χ0) is 27.8. The maximum atomic E-state index is 10.7. The molecule has 0 aromatic rings. The van der Waals surface area contributed by atoms with Crippen LogP contribution in [0, 0.1) is 11.8 Å². The van der Waals surface area contributed by atoms with Gasteiger partial charge in [-0.1, -0.05) is 97.8 Å². The van der Waals surface area contributed by atoms with Crippen LogP contribution < -0.4 is 0 Å². The summed E-state index contributed by atoms with van der Waals surface area (Å²) in [6, 6.07) is 0. The van der Waals surface area contributed by atoms with Crippen LogP contribution in [0.5, 0.6) is 0 Å². The first-order valence-electron chi connectivity index (χ1n) is 13.4. The smallest absolute Gasteiger partial charge is 0.314 e. The second-order valence-electron chi connectivity index (χ2n) is 9.53. The van der Waals surface area contributed by atoms with Gasteiger partial charge >= 0.3 is 29.8 Å². The minimum absolute atomic E-state index is 0.170. The summed E-state index contributed by atoms with van der Waals surface area (Å²) < 4.78 is 4.15. The first-order chi connectivity index (χ1) is 17.0. The van der Waals surface area contributed by atoms with Gasteiger partial charge in [-0.05, 0) is 12.3 Å². The van der Waals surface area contributed by atoms with E-state index in [0.717, 1.165) is 18.8 Å². The van der Waals surface area contributed by atoms with Gasteiger partial charge < -0.3 is 20.1 Å². The number of unbranched alkanes of at least 4 members (excludes halogenated alkanes) is 8. The zero-order valence-electron chi connectivity index (χ0n) is 22.5. The molecule has 2 unspecified atom stereocenters. The van der Waals surface area contributed by atoms with Crippen molar-refractivity contribution in [3.8, 4) is 0 Å². The number of aliphatic carboxylic acids is 3. The van der Waals surface area contributed by atoms with Crippen LogP contribution >= 0.6 is 0 Å². The second kappa shape index (κ2) is 24.3. The molecule has 0 radical (unpaired) electrons. The number of hydrogen-bond acceptors (Lipinski definition) is 6. The largest absolute Gasteiger partial charge is 0.481 e. The molecule has 210 valence electrons. The first-order valence-corrected chi connectivity index (χ1v) is 13.4. The van der Waals surface area contributed by atoms with Gasteiger partial charge in [0.05, 0.1) is 31.6 Å². The second-order valence-corrected chi connectivity index (χ2v) is 9.53. The normalized spacial score (nSPS) is 12.1. The van der Waals surface area contributed by atoms with E-state index < -0.39 is 55.5 Å². The van der Waals surface area contributed by atoms with Crippen LogP contribution in [0.4, 0.5) is 0 Å². The van der Waals surface area contributed by atoms with Crippen LogP contribution in [0.3, 0.4) is 0 Å². The van der Waals surface area contributed by atoms with Crippen molar-refractivity contribution in [2.24, 2.45) is 11.8 Å². The predicted molar refractivity (Wildman–Crippen MR) is 136 cm³/mol. The average Bonchev–Trinajstić information content (AvgIpc) is 2.81. The van der Waals surface area contributed by atoms with Gasteiger partial charge in [0, 0.05) is 0 Å². The van der Waals surface area contributed by atoms with Crippen molar-refractivity contribution in [1.82, 2.24) is 0 Å². The van der Waals surface area contributed by atoms with E-state index in [9.17, 15) is 24.0 Å². The van der Waals surface area contributed by atoms with E-state index in [-0.39, 0.29) is 5.92 Å². The Balaban J connectivity index is 0. The lowest BCUT2D eigenvalue weighted by Crippen LogP contribution is -2.14. The summed E-state index contributed by atoms with van der Waals surface area (Å²) in [5.74, 6) is -4.23. The van der Waals surface area contributed by atoms with E-state index in [4.69, 9.17) is 15.3 Å². The standard InChI is InChI=1S/C19H38O2.C8H10O7/c1-4-5-6-7-8-11-14-17(2)15-12-9-10-13-16-18(3)19(20)21;9-5(10)1-3-7(13)15-8(14)4-2-6(11)12/h17-18H,4-16H2,1-3H3,(H,20,21);1-4H2,(H,9,10)(H,11,12). The molecule has 0 spiro atoms. The van der Waals surface area contributed by atoms with Gasteiger partial charge in [0.25, 0.3) is 0 Å². The van der Waals surface area contributed by atoms with Crippen LogP contribution in [0.15, 0.2) is 0 Å². The molecule has 9 heteroatoms. The number of hydrogen-bond donors (Lipinski definition) is 3. The minimum atomic E-state index is -1.18. The van der Waals surface area contributed by atoms with Gasteiger partial charge in [-0.25, -0.2) is 0 Å². The number of rotatable bonds is 21. The highest BCUT2D eigenvalue weighted by molar-refractivity contribution is 5.88. The summed E-state index contributed by atoms with van der Waals surface area (Å²) in [5.41, 5.74) is 0. The van der Waals surface area contributed by atoms with Gasteiger partial charge in [-0.3, -0.25) is 24.0 Å². The molecule has 0 fully saturated rings. The minimum Gasteiger partial charge on any atom is -0.481 e. The van der Waals surface area contributed by atoms with Gasteiger partial charge in [0.1, 0.15) is 0 Å². The van der Waals surface area contributed by atoms with Crippen molar-refractivity contribution < 1.29 is 44.0 Å². The molecule has 0 bridgehead atoms. The molecule has 0 rings (SSSR count). The molecular formula is C27H48O9. The molecule has 36 heavy (non-hydrogen) atoms. The Kier molecular flexibility index (Phi) is 24.1. The summed E-state index contributed by atoms with van der Waals surface area (Å²) in [6.45, 7) is 6.47. The molecule has 0 saturated carbocycles. The fraction of sp³-hybridized carbons (Fsp3) is 0.815. The molecule has 2 atom stereocenters. The Hall–Kier alpha value is -2.45. The van der Waals surface area contributed by atoms with Crippen LogP contribution in [0.25, 0.3) is 0 Å². The first kappa shape index (κ1) is 35.7. The Morgan fingerprint density at radius 2 is 0.972 bits per heavy atom. The van der Waals surface area contributed by atoms with Crippen molar-refractivity contribution in [3.05, 3.63) is 0 Å². The SMILES string of the molecule is CCCCCCCCC(C)CCCCCCC(C)C(=O)O.O=C(O)CCC(=O)OC(=O)CCC(=O)O. The summed E-state index contributed by atoms with van der Waals surface area (Å²) in [5, 5.41) is 25.2. The average molecular weight is 517 g/mol. The van der Waals surface area contributed by atoms with Crippen LogP contribution in [-0.2, 0) is 28.7 Å². The molecule has 0 aromatic heterocycles. The van der Waals surface area contributed by atoms with Crippen LogP contribution in [-0.4, -0.2) is 45.2 Å². The van der Waals surface area contributed by atoms with Crippen LogP contribution in [0.1, 0.15) is 130 Å². The summed E-state index contributed by atoms with van der Waals surface area (Å²) in [7, 11) is 0.